The zero-order valence-corrected chi connectivity index (χ0v) is 31.9. The summed E-state index contributed by atoms with van der Waals surface area (Å²) < 4.78 is 44.1. The van der Waals surface area contributed by atoms with E-state index in [0.29, 0.717) is 5.41 Å². The molecule has 244 valence electrons. The van der Waals surface area contributed by atoms with Crippen LogP contribution < -0.4 is 0 Å². The average Bonchev–Trinajstić information content (AvgIpc) is 3.00. The molecular formula is C29H64O8Si4. The Morgan fingerprint density at radius 1 is 0.293 bits per heavy atom. The summed E-state index contributed by atoms with van der Waals surface area (Å²) in [5, 5.41) is 0. The van der Waals surface area contributed by atoms with Gasteiger partial charge in [0.25, 0.3) is 0 Å². The molecule has 12 heteroatoms. The summed E-state index contributed by atoms with van der Waals surface area (Å²) in [5.41, 5.74) is 0.430. The van der Waals surface area contributed by atoms with Crippen LogP contribution in [0, 0.1) is 5.41 Å². The van der Waals surface area contributed by atoms with Crippen LogP contribution in [-0.2, 0) is 35.4 Å². The summed E-state index contributed by atoms with van der Waals surface area (Å²) in [7, 11) is 9.86. The van der Waals surface area contributed by atoms with Gasteiger partial charge in [-0.1, -0.05) is 77.0 Å². The van der Waals surface area contributed by atoms with E-state index in [2.05, 4.69) is 0 Å². The smallest absolute Gasteiger partial charge is 0.384 e. The van der Waals surface area contributed by atoms with Crippen molar-refractivity contribution in [1.82, 2.24) is 0 Å². The van der Waals surface area contributed by atoms with Crippen LogP contribution in [0.5, 0.6) is 0 Å². The van der Waals surface area contributed by atoms with Gasteiger partial charge in [0.05, 0.1) is 0 Å². The number of hydrogen-bond acceptors (Lipinski definition) is 8. The third kappa shape index (κ3) is 21.8. The van der Waals surface area contributed by atoms with Crippen molar-refractivity contribution in [2.24, 2.45) is 5.41 Å². The van der Waals surface area contributed by atoms with Gasteiger partial charge in [0.2, 0.25) is 0 Å². The number of rotatable bonds is 32. The van der Waals surface area contributed by atoms with Crippen LogP contribution in [0.25, 0.3) is 0 Å². The minimum Gasteiger partial charge on any atom is -0.397 e. The molecule has 0 N–H and O–H groups in total. The lowest BCUT2D eigenvalue weighted by atomic mass is 9.70. The second-order valence-electron chi connectivity index (χ2n) is 10.9. The Morgan fingerprint density at radius 2 is 0.488 bits per heavy atom. The monoisotopic (exact) mass is 652 g/mol. The van der Waals surface area contributed by atoms with Crippen LogP contribution in [0.3, 0.4) is 0 Å². The number of hydrogen-bond donors (Lipinski definition) is 0. The van der Waals surface area contributed by atoms with Crippen LogP contribution in [0.2, 0.25) is 24.2 Å². The molecule has 41 heavy (non-hydrogen) atoms. The molecule has 0 amide bonds. The van der Waals surface area contributed by atoms with Crippen molar-refractivity contribution >= 4 is 37.1 Å². The summed E-state index contributed by atoms with van der Waals surface area (Å²) >= 11 is 0. The molecule has 0 aliphatic carbocycles. The molecule has 0 aromatic rings. The lowest BCUT2D eigenvalue weighted by Gasteiger charge is -2.35. The highest BCUT2D eigenvalue weighted by molar-refractivity contribution is 6.45. The van der Waals surface area contributed by atoms with E-state index in [1.807, 2.05) is 0 Å². The fraction of sp³-hybridized carbons (Fsp3) is 1.00. The van der Waals surface area contributed by atoms with Crippen molar-refractivity contribution in [2.75, 3.05) is 56.9 Å². The van der Waals surface area contributed by atoms with E-state index in [1.165, 1.54) is 103 Å². The van der Waals surface area contributed by atoms with E-state index in [4.69, 9.17) is 35.4 Å². The van der Waals surface area contributed by atoms with E-state index < -0.39 is 37.1 Å². The molecule has 4 radical (unpaired) electrons. The molecule has 0 saturated carbocycles. The fourth-order valence-electron chi connectivity index (χ4n) is 5.68. The molecule has 0 aromatic carbocycles. The molecule has 0 heterocycles. The normalized spacial score (nSPS) is 12.6. The highest BCUT2D eigenvalue weighted by Crippen LogP contribution is 2.42. The molecule has 0 saturated heterocycles. The van der Waals surface area contributed by atoms with Gasteiger partial charge in [0, 0.05) is 56.9 Å². The Hall–Kier alpha value is 0.548. The van der Waals surface area contributed by atoms with Crippen molar-refractivity contribution < 1.29 is 35.4 Å². The lowest BCUT2D eigenvalue weighted by molar-refractivity contribution is 0.172. The molecule has 0 aliphatic rings. The highest BCUT2D eigenvalue weighted by atomic mass is 28.3. The third-order valence-electron chi connectivity index (χ3n) is 8.17. The maximum absolute atomic E-state index is 5.51. The van der Waals surface area contributed by atoms with Crippen molar-refractivity contribution in [2.45, 2.75) is 127 Å². The van der Waals surface area contributed by atoms with Crippen LogP contribution in [0.1, 0.15) is 103 Å². The first-order valence-corrected chi connectivity index (χ1v) is 21.8. The van der Waals surface area contributed by atoms with Crippen LogP contribution >= 0.6 is 0 Å². The standard InChI is InChI=1S/C29H64O8Si4/c1-30-38(31-2)25-17-9-13-21-29(22-14-10-18-26-39(32-3)33-4,23-15-11-19-27-40(34-5)35-6)24-16-12-20-28-41(36-7)37-8/h9-28H2,1-8H3. The Balaban J connectivity index is 5.19. The van der Waals surface area contributed by atoms with Crippen molar-refractivity contribution in [3.63, 3.8) is 0 Å². The van der Waals surface area contributed by atoms with Gasteiger partial charge in [-0.15, -0.1) is 0 Å². The van der Waals surface area contributed by atoms with Crippen LogP contribution in [0.15, 0.2) is 0 Å². The minimum atomic E-state index is -1.09. The fourth-order valence-corrected chi connectivity index (χ4v) is 10.1. The van der Waals surface area contributed by atoms with Gasteiger partial charge in [-0.2, -0.15) is 0 Å². The predicted molar refractivity (Wildman–Crippen MR) is 175 cm³/mol. The van der Waals surface area contributed by atoms with Gasteiger partial charge < -0.3 is 35.4 Å². The maximum Gasteiger partial charge on any atom is 0.384 e. The molecule has 0 aromatic heterocycles. The maximum atomic E-state index is 5.51. The average molecular weight is 653 g/mol. The molecule has 0 aliphatic heterocycles. The van der Waals surface area contributed by atoms with Gasteiger partial charge >= 0.3 is 37.1 Å². The Kier molecular flexibility index (Phi) is 29.7. The molecule has 8 nitrogen and oxygen atoms in total. The first-order valence-electron chi connectivity index (χ1n) is 15.7. The Bertz CT molecular complexity index is 443. The summed E-state index contributed by atoms with van der Waals surface area (Å²) in [5.74, 6) is 0. The molecule has 0 atom stereocenters. The third-order valence-corrected chi connectivity index (χ3v) is 14.9. The highest BCUT2D eigenvalue weighted by Gasteiger charge is 2.29. The number of unbranched alkanes of at least 4 members (excludes halogenated alkanes) is 8. The van der Waals surface area contributed by atoms with Gasteiger partial charge in [0.15, 0.2) is 0 Å². The first-order chi connectivity index (χ1) is 20.0. The second-order valence-corrected chi connectivity index (χ2v) is 19.1. The molecule has 0 rings (SSSR count). The topological polar surface area (TPSA) is 73.8 Å². The van der Waals surface area contributed by atoms with Crippen molar-refractivity contribution in [3.8, 4) is 0 Å². The summed E-state index contributed by atoms with van der Waals surface area (Å²) in [6, 6.07) is 4.28. The molecule has 0 fully saturated rings. The lowest BCUT2D eigenvalue weighted by Crippen LogP contribution is -2.23. The predicted octanol–water partition coefficient (Wildman–Crippen LogP) is 7.34. The summed E-state index contributed by atoms with van der Waals surface area (Å²) in [6.07, 6.45) is 20.3. The van der Waals surface area contributed by atoms with E-state index in [0.717, 1.165) is 24.2 Å². The van der Waals surface area contributed by atoms with E-state index in [1.54, 1.807) is 56.9 Å². The van der Waals surface area contributed by atoms with E-state index in [9.17, 15) is 0 Å². The first kappa shape index (κ1) is 41.5. The van der Waals surface area contributed by atoms with Crippen LogP contribution in [-0.4, -0.2) is 94.0 Å². The van der Waals surface area contributed by atoms with Gasteiger partial charge in [0.1, 0.15) is 0 Å². The molecule has 0 bridgehead atoms. The van der Waals surface area contributed by atoms with Crippen molar-refractivity contribution in [1.29, 1.82) is 0 Å². The SMILES string of the molecule is CO[Si](CCCCCC(CCCCC[Si](OC)OC)(CCCCC[Si](OC)OC)CCCCC[Si](OC)OC)OC. The second kappa shape index (κ2) is 29.3. The zero-order valence-electron chi connectivity index (χ0n) is 27.9. The summed E-state index contributed by atoms with van der Waals surface area (Å²) in [4.78, 5) is 0. The molecule has 0 unspecified atom stereocenters. The summed E-state index contributed by atoms with van der Waals surface area (Å²) in [6.45, 7) is 0. The van der Waals surface area contributed by atoms with Crippen molar-refractivity contribution in [3.05, 3.63) is 0 Å². The zero-order chi connectivity index (χ0) is 30.6. The van der Waals surface area contributed by atoms with Gasteiger partial charge in [-0.05, 0) is 55.3 Å². The quantitative estimate of drug-likeness (QED) is 0.0552. The van der Waals surface area contributed by atoms with Gasteiger partial charge in [-0.25, -0.2) is 0 Å². The Labute approximate surface area is 261 Å². The van der Waals surface area contributed by atoms with E-state index >= 15 is 0 Å². The molecule has 0 spiro atoms. The largest absolute Gasteiger partial charge is 0.397 e. The van der Waals surface area contributed by atoms with Gasteiger partial charge in [-0.3, -0.25) is 0 Å². The molecular weight excluding hydrogens is 589 g/mol. The Morgan fingerprint density at radius 3 is 0.659 bits per heavy atom. The van der Waals surface area contributed by atoms with E-state index in [-0.39, 0.29) is 0 Å². The van der Waals surface area contributed by atoms with Crippen LogP contribution in [0.4, 0.5) is 0 Å². The minimum absolute atomic E-state index is 0.430.